The van der Waals surface area contributed by atoms with Crippen molar-refractivity contribution < 1.29 is 4.74 Å². The predicted molar refractivity (Wildman–Crippen MR) is 116 cm³/mol. The largest absolute Gasteiger partial charge is 0.379 e. The van der Waals surface area contributed by atoms with Crippen molar-refractivity contribution in [1.29, 1.82) is 0 Å². The van der Waals surface area contributed by atoms with Crippen LogP contribution in [-0.4, -0.2) is 81.3 Å². The minimum absolute atomic E-state index is 0.274. The number of rotatable bonds is 8. The Hall–Kier alpha value is -1.34. The second-order valence-electron chi connectivity index (χ2n) is 7.41. The van der Waals surface area contributed by atoms with Crippen LogP contribution in [-0.2, 0) is 4.74 Å². The molecule has 2 N–H and O–H groups in total. The van der Waals surface area contributed by atoms with Crippen LogP contribution in [0.2, 0.25) is 5.02 Å². The molecule has 0 aliphatic carbocycles. The van der Waals surface area contributed by atoms with E-state index < -0.39 is 0 Å². The zero-order valence-corrected chi connectivity index (χ0v) is 17.8. The first-order valence-corrected chi connectivity index (χ1v) is 11.0. The van der Waals surface area contributed by atoms with Gasteiger partial charge in [0.25, 0.3) is 0 Å². The first-order valence-electron chi connectivity index (χ1n) is 10.6. The van der Waals surface area contributed by atoms with Gasteiger partial charge in [-0.05, 0) is 50.6 Å². The SMILES string of the molecule is CCNC(=NCC(c1cccc(Cl)c1)N1CCCC1)NCCN1CCOCC1. The summed E-state index contributed by atoms with van der Waals surface area (Å²) in [7, 11) is 0. The molecule has 0 bridgehead atoms. The molecule has 0 radical (unpaired) electrons. The number of aliphatic imine (C=N–C) groups is 1. The highest BCUT2D eigenvalue weighted by Crippen LogP contribution is 2.27. The summed E-state index contributed by atoms with van der Waals surface area (Å²) in [6.07, 6.45) is 2.53. The van der Waals surface area contributed by atoms with Gasteiger partial charge in [0.1, 0.15) is 0 Å². The van der Waals surface area contributed by atoms with E-state index in [0.717, 1.165) is 76.6 Å². The molecule has 2 aliphatic rings. The average molecular weight is 408 g/mol. The summed E-state index contributed by atoms with van der Waals surface area (Å²) in [4.78, 5) is 9.88. The Morgan fingerprint density at radius 3 is 2.68 bits per heavy atom. The Morgan fingerprint density at radius 2 is 1.96 bits per heavy atom. The smallest absolute Gasteiger partial charge is 0.191 e. The van der Waals surface area contributed by atoms with Gasteiger partial charge in [-0.15, -0.1) is 0 Å². The van der Waals surface area contributed by atoms with Crippen LogP contribution in [0.1, 0.15) is 31.4 Å². The third-order valence-corrected chi connectivity index (χ3v) is 5.64. The maximum atomic E-state index is 6.26. The summed E-state index contributed by atoms with van der Waals surface area (Å²) in [5, 5.41) is 7.66. The molecule has 156 valence electrons. The average Bonchev–Trinajstić information content (AvgIpc) is 3.23. The van der Waals surface area contributed by atoms with E-state index in [1.54, 1.807) is 0 Å². The van der Waals surface area contributed by atoms with Crippen molar-refractivity contribution in [1.82, 2.24) is 20.4 Å². The van der Waals surface area contributed by atoms with Crippen LogP contribution >= 0.6 is 11.6 Å². The van der Waals surface area contributed by atoms with E-state index in [9.17, 15) is 0 Å². The second-order valence-corrected chi connectivity index (χ2v) is 7.85. The van der Waals surface area contributed by atoms with Gasteiger partial charge in [-0.25, -0.2) is 0 Å². The lowest BCUT2D eigenvalue weighted by Gasteiger charge is -2.28. The molecule has 1 unspecified atom stereocenters. The summed E-state index contributed by atoms with van der Waals surface area (Å²) >= 11 is 6.26. The van der Waals surface area contributed by atoms with Crippen LogP contribution in [0.3, 0.4) is 0 Å². The maximum Gasteiger partial charge on any atom is 0.191 e. The normalized spacial score (nSPS) is 20.3. The molecule has 0 amide bonds. The molecule has 0 spiro atoms. The van der Waals surface area contributed by atoms with Gasteiger partial charge in [-0.1, -0.05) is 23.7 Å². The Labute approximate surface area is 174 Å². The molecule has 2 heterocycles. The van der Waals surface area contributed by atoms with Crippen LogP contribution < -0.4 is 10.6 Å². The van der Waals surface area contributed by atoms with Gasteiger partial charge >= 0.3 is 0 Å². The van der Waals surface area contributed by atoms with Gasteiger partial charge in [-0.3, -0.25) is 14.8 Å². The number of morpholine rings is 1. The van der Waals surface area contributed by atoms with E-state index in [0.29, 0.717) is 0 Å². The third kappa shape index (κ3) is 6.62. The van der Waals surface area contributed by atoms with Crippen molar-refractivity contribution in [2.45, 2.75) is 25.8 Å². The van der Waals surface area contributed by atoms with E-state index in [2.05, 4.69) is 39.5 Å². The lowest BCUT2D eigenvalue weighted by Crippen LogP contribution is -2.44. The molecule has 0 aromatic heterocycles. The molecule has 1 atom stereocenters. The molecule has 2 aliphatic heterocycles. The standard InChI is InChI=1S/C21H34ClN5O/c1-2-23-21(24-8-11-26-12-14-28-15-13-26)25-17-20(27-9-3-4-10-27)18-6-5-7-19(22)16-18/h5-7,16,20H,2-4,8-15,17H2,1H3,(H2,23,24,25). The maximum absolute atomic E-state index is 6.26. The van der Waals surface area contributed by atoms with Crippen LogP contribution in [0, 0.1) is 0 Å². The topological polar surface area (TPSA) is 52.1 Å². The molecular formula is C21H34ClN5O. The number of nitrogens with zero attached hydrogens (tertiary/aromatic N) is 3. The molecule has 1 aromatic rings. The Morgan fingerprint density at radius 1 is 1.18 bits per heavy atom. The van der Waals surface area contributed by atoms with E-state index >= 15 is 0 Å². The summed E-state index contributed by atoms with van der Waals surface area (Å²) in [5.41, 5.74) is 1.25. The van der Waals surface area contributed by atoms with Crippen LogP contribution in [0.15, 0.2) is 29.3 Å². The monoisotopic (exact) mass is 407 g/mol. The molecule has 1 aromatic carbocycles. The minimum atomic E-state index is 0.274. The quantitative estimate of drug-likeness (QED) is 0.511. The van der Waals surface area contributed by atoms with Crippen LogP contribution in [0.4, 0.5) is 0 Å². The highest BCUT2D eigenvalue weighted by Gasteiger charge is 2.23. The third-order valence-electron chi connectivity index (χ3n) is 5.41. The van der Waals surface area contributed by atoms with Gasteiger partial charge in [-0.2, -0.15) is 0 Å². The second kappa shape index (κ2) is 11.6. The van der Waals surface area contributed by atoms with Crippen LogP contribution in [0.5, 0.6) is 0 Å². The molecule has 2 fully saturated rings. The highest BCUT2D eigenvalue weighted by molar-refractivity contribution is 6.30. The Bertz CT molecular complexity index is 615. The zero-order valence-electron chi connectivity index (χ0n) is 17.0. The number of hydrogen-bond donors (Lipinski definition) is 2. The van der Waals surface area contributed by atoms with Crippen molar-refractivity contribution in [2.24, 2.45) is 4.99 Å². The zero-order chi connectivity index (χ0) is 19.6. The fourth-order valence-electron chi connectivity index (χ4n) is 3.88. The highest BCUT2D eigenvalue weighted by atomic mass is 35.5. The van der Waals surface area contributed by atoms with Gasteiger partial charge < -0.3 is 15.4 Å². The summed E-state index contributed by atoms with van der Waals surface area (Å²) < 4.78 is 5.42. The molecular weight excluding hydrogens is 374 g/mol. The van der Waals surface area contributed by atoms with Crippen LogP contribution in [0.25, 0.3) is 0 Å². The van der Waals surface area contributed by atoms with E-state index in [4.69, 9.17) is 21.3 Å². The first-order chi connectivity index (χ1) is 13.8. The van der Waals surface area contributed by atoms with Crippen molar-refractivity contribution in [3.8, 4) is 0 Å². The van der Waals surface area contributed by atoms with E-state index in [-0.39, 0.29) is 6.04 Å². The van der Waals surface area contributed by atoms with Gasteiger partial charge in [0, 0.05) is 37.7 Å². The lowest BCUT2D eigenvalue weighted by atomic mass is 10.1. The number of benzene rings is 1. The van der Waals surface area contributed by atoms with Crippen molar-refractivity contribution >= 4 is 17.6 Å². The predicted octanol–water partition coefficient (Wildman–Crippen LogP) is 2.36. The van der Waals surface area contributed by atoms with Crippen molar-refractivity contribution in [3.05, 3.63) is 34.9 Å². The first kappa shape index (κ1) is 21.4. The number of ether oxygens (including phenoxy) is 1. The van der Waals surface area contributed by atoms with Gasteiger partial charge in [0.15, 0.2) is 5.96 Å². The molecule has 2 saturated heterocycles. The Balaban J connectivity index is 1.60. The minimum Gasteiger partial charge on any atom is -0.379 e. The van der Waals surface area contributed by atoms with E-state index in [1.807, 2.05) is 12.1 Å². The summed E-state index contributed by atoms with van der Waals surface area (Å²) in [6, 6.07) is 8.50. The van der Waals surface area contributed by atoms with Crippen molar-refractivity contribution in [3.63, 3.8) is 0 Å². The summed E-state index contributed by atoms with van der Waals surface area (Å²) in [5.74, 6) is 0.891. The number of nitrogens with one attached hydrogen (secondary N) is 2. The number of hydrogen-bond acceptors (Lipinski definition) is 4. The fraction of sp³-hybridized carbons (Fsp3) is 0.667. The van der Waals surface area contributed by atoms with Gasteiger partial charge in [0.05, 0.1) is 25.8 Å². The molecule has 6 nitrogen and oxygen atoms in total. The van der Waals surface area contributed by atoms with Gasteiger partial charge in [0.2, 0.25) is 0 Å². The molecule has 7 heteroatoms. The summed E-state index contributed by atoms with van der Waals surface area (Å²) in [6.45, 7) is 11.6. The number of halogens is 1. The molecule has 3 rings (SSSR count). The van der Waals surface area contributed by atoms with Crippen molar-refractivity contribution in [2.75, 3.05) is 65.6 Å². The van der Waals surface area contributed by atoms with E-state index in [1.165, 1.54) is 18.4 Å². The Kier molecular flexibility index (Phi) is 8.86. The fourth-order valence-corrected chi connectivity index (χ4v) is 4.07. The molecule has 28 heavy (non-hydrogen) atoms. The lowest BCUT2D eigenvalue weighted by molar-refractivity contribution is 0.0389. The number of guanidine groups is 1. The number of likely N-dealkylation sites (tertiary alicyclic amines) is 1. The molecule has 0 saturated carbocycles.